The lowest BCUT2D eigenvalue weighted by atomic mass is 10.1. The summed E-state index contributed by atoms with van der Waals surface area (Å²) in [5.41, 5.74) is 3.81. The molecule has 10 heteroatoms. The third-order valence-corrected chi connectivity index (χ3v) is 7.90. The lowest BCUT2D eigenvalue weighted by Gasteiger charge is -2.32. The summed E-state index contributed by atoms with van der Waals surface area (Å²) in [6.45, 7) is 10.9. The van der Waals surface area contributed by atoms with Crippen LogP contribution in [-0.4, -0.2) is 51.8 Å². The quantitative estimate of drug-likeness (QED) is 0.432. The van der Waals surface area contributed by atoms with Crippen molar-refractivity contribution in [3.63, 3.8) is 0 Å². The van der Waals surface area contributed by atoms with Crippen molar-refractivity contribution in [3.05, 3.63) is 53.3 Å². The smallest absolute Gasteiger partial charge is 0.347 e. The Kier molecular flexibility index (Phi) is 6.78. The van der Waals surface area contributed by atoms with E-state index in [2.05, 4.69) is 36.0 Å². The van der Waals surface area contributed by atoms with Gasteiger partial charge in [-0.05, 0) is 44.2 Å². The first-order chi connectivity index (χ1) is 17.8. The van der Waals surface area contributed by atoms with Crippen LogP contribution in [0.1, 0.15) is 47.7 Å². The third-order valence-electron chi connectivity index (χ3n) is 6.81. The highest BCUT2D eigenvalue weighted by Crippen LogP contribution is 2.40. The van der Waals surface area contributed by atoms with E-state index in [9.17, 15) is 14.4 Å². The molecule has 0 bridgehead atoms. The summed E-state index contributed by atoms with van der Waals surface area (Å²) in [5.74, 6) is 0.0730. The highest BCUT2D eigenvalue weighted by atomic mass is 32.1. The molecule has 5 heterocycles. The third kappa shape index (κ3) is 4.74. The number of aromatic nitrogens is 2. The van der Waals surface area contributed by atoms with Gasteiger partial charge in [0.05, 0.1) is 16.8 Å². The summed E-state index contributed by atoms with van der Waals surface area (Å²) in [7, 11) is 0. The predicted octanol–water partition coefficient (Wildman–Crippen LogP) is 3.50. The van der Waals surface area contributed by atoms with Gasteiger partial charge in [0.25, 0.3) is 5.91 Å². The zero-order valence-electron chi connectivity index (χ0n) is 21.3. The molecule has 192 valence electrons. The van der Waals surface area contributed by atoms with E-state index in [0.717, 1.165) is 47.4 Å². The second-order valence-corrected chi connectivity index (χ2v) is 11.0. The average molecular weight is 520 g/mol. The highest BCUT2D eigenvalue weighted by molar-refractivity contribution is 7.21. The molecule has 5 rings (SSSR count). The molecule has 4 amide bonds. The minimum Gasteiger partial charge on any atom is -0.347 e. The van der Waals surface area contributed by atoms with Gasteiger partial charge in [0.1, 0.15) is 9.71 Å². The number of nitrogens with zero attached hydrogens (tertiary/aromatic N) is 3. The van der Waals surface area contributed by atoms with Gasteiger partial charge in [-0.3, -0.25) is 19.9 Å². The summed E-state index contributed by atoms with van der Waals surface area (Å²) in [4.78, 5) is 51.4. The lowest BCUT2D eigenvalue weighted by molar-refractivity contribution is -0.660. The molecule has 2 aliphatic rings. The molecule has 2 atom stereocenters. The Bertz CT molecular complexity index is 1410. The minimum absolute atomic E-state index is 0.137. The van der Waals surface area contributed by atoms with E-state index in [1.54, 1.807) is 11.1 Å². The Hall–Kier alpha value is -3.63. The monoisotopic (exact) mass is 519 g/mol. The van der Waals surface area contributed by atoms with E-state index in [-0.39, 0.29) is 23.9 Å². The molecule has 3 N–H and O–H groups in total. The maximum Gasteiger partial charge on any atom is 0.429 e. The molecule has 0 saturated carbocycles. The first-order valence-corrected chi connectivity index (χ1v) is 13.4. The summed E-state index contributed by atoms with van der Waals surface area (Å²) >= 11 is 1.26. The number of rotatable bonds is 6. The van der Waals surface area contributed by atoms with E-state index in [0.29, 0.717) is 39.3 Å². The SMILES string of the molecule is C=CC(=O)N1CCC[C@@H](NC(=O)c2sc3nccc4c3c2NC(=O)[NH+]4c2ccc(CC(C)C)nc2C)C1. The molecule has 1 unspecified atom stereocenters. The van der Waals surface area contributed by atoms with Crippen LogP contribution in [0.4, 0.5) is 21.9 Å². The number of aryl methyl sites for hydroxylation is 1. The van der Waals surface area contributed by atoms with Crippen LogP contribution in [0.15, 0.2) is 37.1 Å². The van der Waals surface area contributed by atoms with Crippen LogP contribution in [0.3, 0.4) is 0 Å². The largest absolute Gasteiger partial charge is 0.429 e. The van der Waals surface area contributed by atoms with Crippen LogP contribution < -0.4 is 15.5 Å². The van der Waals surface area contributed by atoms with Crippen molar-refractivity contribution in [3.8, 4) is 0 Å². The number of thiophene rings is 1. The van der Waals surface area contributed by atoms with Gasteiger partial charge in [-0.2, -0.15) is 4.90 Å². The Morgan fingerprint density at radius 2 is 2.14 bits per heavy atom. The normalized spacial score (nSPS) is 19.1. The van der Waals surface area contributed by atoms with Crippen molar-refractivity contribution in [2.45, 2.75) is 46.1 Å². The first-order valence-electron chi connectivity index (χ1n) is 12.6. The van der Waals surface area contributed by atoms with Gasteiger partial charge in [0, 0.05) is 43.2 Å². The van der Waals surface area contributed by atoms with Crippen LogP contribution in [-0.2, 0) is 11.2 Å². The fourth-order valence-electron chi connectivity index (χ4n) is 5.16. The Morgan fingerprint density at radius 1 is 1.32 bits per heavy atom. The minimum atomic E-state index is -0.276. The molecule has 1 fully saturated rings. The van der Waals surface area contributed by atoms with Gasteiger partial charge in [-0.25, -0.2) is 9.78 Å². The molecule has 0 spiro atoms. The number of pyridine rings is 2. The van der Waals surface area contributed by atoms with Crippen molar-refractivity contribution in [1.82, 2.24) is 20.2 Å². The van der Waals surface area contributed by atoms with Crippen LogP contribution >= 0.6 is 11.3 Å². The molecule has 1 saturated heterocycles. The van der Waals surface area contributed by atoms with Crippen molar-refractivity contribution in [2.75, 3.05) is 18.4 Å². The first kappa shape index (κ1) is 25.0. The molecular formula is C27H31N6O3S+. The molecular weight excluding hydrogens is 488 g/mol. The molecule has 3 aromatic heterocycles. The lowest BCUT2D eigenvalue weighted by Crippen LogP contribution is -3.07. The second-order valence-electron chi connectivity index (χ2n) is 10.0. The number of likely N-dealkylation sites (tertiary alicyclic amines) is 1. The fourth-order valence-corrected chi connectivity index (χ4v) is 6.19. The number of nitrogens with one attached hydrogen (secondary N) is 3. The second kappa shape index (κ2) is 10.0. The van der Waals surface area contributed by atoms with Gasteiger partial charge >= 0.3 is 6.03 Å². The van der Waals surface area contributed by atoms with E-state index >= 15 is 0 Å². The van der Waals surface area contributed by atoms with E-state index in [4.69, 9.17) is 4.98 Å². The number of anilines is 1. The van der Waals surface area contributed by atoms with E-state index in [1.165, 1.54) is 17.4 Å². The van der Waals surface area contributed by atoms with E-state index < -0.39 is 0 Å². The summed E-state index contributed by atoms with van der Waals surface area (Å²) in [5, 5.41) is 6.81. The summed E-state index contributed by atoms with van der Waals surface area (Å²) in [6.07, 6.45) is 5.42. The van der Waals surface area contributed by atoms with E-state index in [1.807, 2.05) is 25.1 Å². The van der Waals surface area contributed by atoms with Crippen LogP contribution in [0.25, 0.3) is 10.2 Å². The molecule has 0 aliphatic carbocycles. The number of amides is 4. The Labute approximate surface area is 219 Å². The molecule has 9 nitrogen and oxygen atoms in total. The topological polar surface area (TPSA) is 109 Å². The zero-order valence-corrected chi connectivity index (χ0v) is 22.1. The number of quaternary nitrogens is 1. The number of urea groups is 1. The molecule has 2 aliphatic heterocycles. The maximum atomic E-state index is 13.4. The predicted molar refractivity (Wildman–Crippen MR) is 144 cm³/mol. The number of piperidine rings is 1. The highest BCUT2D eigenvalue weighted by Gasteiger charge is 2.39. The fraction of sp³-hybridized carbons (Fsp3) is 0.370. The molecule has 0 radical (unpaired) electrons. The van der Waals surface area contributed by atoms with Crippen molar-refractivity contribution >= 4 is 56.5 Å². The van der Waals surface area contributed by atoms with Crippen molar-refractivity contribution in [2.24, 2.45) is 5.92 Å². The van der Waals surface area contributed by atoms with Crippen LogP contribution in [0.5, 0.6) is 0 Å². The number of carbonyl (C=O) groups is 3. The summed E-state index contributed by atoms with van der Waals surface area (Å²) < 4.78 is 0. The Morgan fingerprint density at radius 3 is 2.86 bits per heavy atom. The van der Waals surface area contributed by atoms with Gasteiger partial charge < -0.3 is 10.2 Å². The maximum absolute atomic E-state index is 13.4. The average Bonchev–Trinajstić information content (AvgIpc) is 3.24. The van der Waals surface area contributed by atoms with Gasteiger partial charge in [0.15, 0.2) is 11.4 Å². The number of hydrogen-bond acceptors (Lipinski definition) is 6. The van der Waals surface area contributed by atoms with Crippen molar-refractivity contribution in [1.29, 1.82) is 0 Å². The van der Waals surface area contributed by atoms with Crippen LogP contribution in [0.2, 0.25) is 0 Å². The van der Waals surface area contributed by atoms with Gasteiger partial charge in [-0.1, -0.05) is 20.4 Å². The van der Waals surface area contributed by atoms with Gasteiger partial charge in [0.2, 0.25) is 5.91 Å². The van der Waals surface area contributed by atoms with Crippen molar-refractivity contribution < 1.29 is 19.3 Å². The van der Waals surface area contributed by atoms with Crippen LogP contribution in [0, 0.1) is 12.8 Å². The molecule has 0 aromatic carbocycles. The number of carbonyl (C=O) groups excluding carboxylic acids is 3. The summed E-state index contributed by atoms with van der Waals surface area (Å²) in [6, 6.07) is 5.33. The molecule has 3 aromatic rings. The number of hydrogen-bond donors (Lipinski definition) is 3. The van der Waals surface area contributed by atoms with Gasteiger partial charge in [-0.15, -0.1) is 11.3 Å². The Balaban J connectivity index is 1.46. The molecule has 37 heavy (non-hydrogen) atoms. The standard InChI is InChI=1S/C27H30N6O3S/c1-5-21(34)32-12-6-7-18(14-32)30-25(35)24-23-22-20(10-11-28-26(22)37-24)33(27(36)31-23)19-9-8-17(13-15(2)3)29-16(19)4/h5,8-11,15,18H,1,6-7,12-14H2,2-4H3,(H,30,35)(H,31,36)/p+1/t18-/m1/s1. The zero-order chi connectivity index (χ0) is 26.3.